The maximum Gasteiger partial charge on any atom is 0.142 e. The van der Waals surface area contributed by atoms with Crippen molar-refractivity contribution < 1.29 is 4.52 Å². The summed E-state index contributed by atoms with van der Waals surface area (Å²) in [7, 11) is 0. The molecule has 0 aliphatic carbocycles. The first-order chi connectivity index (χ1) is 9.06. The maximum atomic E-state index is 5.48. The predicted octanol–water partition coefficient (Wildman–Crippen LogP) is 2.43. The first kappa shape index (κ1) is 14.5. The molecular formula is C15H27N3O. The fourth-order valence-corrected chi connectivity index (χ4v) is 2.61. The van der Waals surface area contributed by atoms with E-state index in [9.17, 15) is 0 Å². The van der Waals surface area contributed by atoms with Gasteiger partial charge in [-0.15, -0.1) is 0 Å². The predicted molar refractivity (Wildman–Crippen MR) is 76.9 cm³/mol. The largest absolute Gasteiger partial charge is 0.361 e. The number of aromatic nitrogens is 1. The van der Waals surface area contributed by atoms with Gasteiger partial charge in [0.05, 0.1) is 0 Å². The van der Waals surface area contributed by atoms with Gasteiger partial charge in [0.1, 0.15) is 11.5 Å². The topological polar surface area (TPSA) is 41.3 Å². The van der Waals surface area contributed by atoms with Gasteiger partial charge >= 0.3 is 0 Å². The zero-order chi connectivity index (χ0) is 13.8. The van der Waals surface area contributed by atoms with Crippen LogP contribution in [0, 0.1) is 11.8 Å². The van der Waals surface area contributed by atoms with Crippen molar-refractivity contribution in [3.63, 3.8) is 0 Å². The summed E-state index contributed by atoms with van der Waals surface area (Å²) in [5.41, 5.74) is 2.42. The summed E-state index contributed by atoms with van der Waals surface area (Å²) < 4.78 is 5.48. The zero-order valence-electron chi connectivity index (χ0n) is 12.7. The molecule has 1 aromatic heterocycles. The normalized spacial score (nSPS) is 16.3. The molecule has 0 aromatic carbocycles. The Bertz CT molecular complexity index is 398. The Morgan fingerprint density at radius 1 is 1.26 bits per heavy atom. The van der Waals surface area contributed by atoms with Crippen LogP contribution in [0.4, 0.5) is 0 Å². The minimum atomic E-state index is 0.667. The number of hydrogen-bond acceptors (Lipinski definition) is 4. The van der Waals surface area contributed by atoms with E-state index < -0.39 is 0 Å². The second-order valence-electron chi connectivity index (χ2n) is 6.43. The second-order valence-corrected chi connectivity index (χ2v) is 6.43. The standard InChI is InChI=1S/C15H27N3O/c1-11(2)7-16-8-14-13-10-18(9-12(3)4)6-5-15(13)19-17-14/h11-12,16H,5-10H2,1-4H3. The van der Waals surface area contributed by atoms with E-state index >= 15 is 0 Å². The summed E-state index contributed by atoms with van der Waals surface area (Å²) >= 11 is 0. The third-order valence-corrected chi connectivity index (χ3v) is 3.46. The van der Waals surface area contributed by atoms with E-state index in [1.165, 1.54) is 5.56 Å². The van der Waals surface area contributed by atoms with Gasteiger partial charge in [-0.05, 0) is 18.4 Å². The first-order valence-electron chi connectivity index (χ1n) is 7.45. The summed E-state index contributed by atoms with van der Waals surface area (Å²) in [6.07, 6.45) is 0.999. The van der Waals surface area contributed by atoms with Gasteiger partial charge in [-0.1, -0.05) is 32.9 Å². The van der Waals surface area contributed by atoms with Crippen LogP contribution in [-0.4, -0.2) is 29.7 Å². The maximum absolute atomic E-state index is 5.48. The molecule has 0 bridgehead atoms. The number of hydrogen-bond donors (Lipinski definition) is 1. The molecule has 0 atom stereocenters. The van der Waals surface area contributed by atoms with Crippen molar-refractivity contribution in [3.8, 4) is 0 Å². The average Bonchev–Trinajstić information content (AvgIpc) is 2.71. The van der Waals surface area contributed by atoms with Crippen LogP contribution in [0.15, 0.2) is 4.52 Å². The summed E-state index contributed by atoms with van der Waals surface area (Å²) in [6, 6.07) is 0. The Hall–Kier alpha value is -0.870. The van der Waals surface area contributed by atoms with Crippen LogP contribution in [0.5, 0.6) is 0 Å². The highest BCUT2D eigenvalue weighted by Gasteiger charge is 2.24. The van der Waals surface area contributed by atoms with Gasteiger partial charge in [-0.2, -0.15) is 0 Å². The van der Waals surface area contributed by atoms with Crippen molar-refractivity contribution in [2.45, 2.75) is 47.2 Å². The Morgan fingerprint density at radius 3 is 2.74 bits per heavy atom. The smallest absolute Gasteiger partial charge is 0.142 e. The summed E-state index contributed by atoms with van der Waals surface area (Å²) in [5.74, 6) is 2.48. The van der Waals surface area contributed by atoms with Crippen molar-refractivity contribution in [1.29, 1.82) is 0 Å². The summed E-state index contributed by atoms with van der Waals surface area (Å²) in [6.45, 7) is 14.1. The summed E-state index contributed by atoms with van der Waals surface area (Å²) in [5, 5.41) is 7.70. The molecule has 1 aromatic rings. The molecule has 108 valence electrons. The molecule has 0 fully saturated rings. The van der Waals surface area contributed by atoms with Crippen molar-refractivity contribution in [3.05, 3.63) is 17.0 Å². The fraction of sp³-hybridized carbons (Fsp3) is 0.800. The molecule has 1 aliphatic rings. The van der Waals surface area contributed by atoms with Crippen LogP contribution in [0.2, 0.25) is 0 Å². The highest BCUT2D eigenvalue weighted by molar-refractivity contribution is 5.25. The van der Waals surface area contributed by atoms with Crippen LogP contribution in [0.1, 0.15) is 44.7 Å². The lowest BCUT2D eigenvalue weighted by molar-refractivity contribution is 0.213. The van der Waals surface area contributed by atoms with Crippen molar-refractivity contribution >= 4 is 0 Å². The molecule has 0 saturated heterocycles. The molecule has 1 N–H and O–H groups in total. The van der Waals surface area contributed by atoms with Crippen LogP contribution in [0.25, 0.3) is 0 Å². The molecule has 4 nitrogen and oxygen atoms in total. The van der Waals surface area contributed by atoms with E-state index in [-0.39, 0.29) is 0 Å². The highest BCUT2D eigenvalue weighted by Crippen LogP contribution is 2.23. The van der Waals surface area contributed by atoms with Gasteiger partial charge < -0.3 is 9.84 Å². The minimum absolute atomic E-state index is 0.667. The zero-order valence-corrected chi connectivity index (χ0v) is 12.7. The first-order valence-corrected chi connectivity index (χ1v) is 7.45. The van der Waals surface area contributed by atoms with Gasteiger partial charge in [-0.3, -0.25) is 4.90 Å². The average molecular weight is 265 g/mol. The molecule has 0 unspecified atom stereocenters. The Balaban J connectivity index is 1.95. The molecule has 2 rings (SSSR count). The Labute approximate surface area is 116 Å². The summed E-state index contributed by atoms with van der Waals surface area (Å²) in [4.78, 5) is 2.51. The van der Waals surface area contributed by atoms with Gasteiger partial charge in [0.15, 0.2) is 0 Å². The molecule has 0 spiro atoms. The van der Waals surface area contributed by atoms with E-state index in [4.69, 9.17) is 4.52 Å². The molecule has 0 radical (unpaired) electrons. The monoisotopic (exact) mass is 265 g/mol. The number of nitrogens with zero attached hydrogens (tertiary/aromatic N) is 2. The second kappa shape index (κ2) is 6.53. The number of nitrogens with one attached hydrogen (secondary N) is 1. The number of fused-ring (bicyclic) bond motifs is 1. The molecule has 0 amide bonds. The van der Waals surface area contributed by atoms with Crippen molar-refractivity contribution in [2.24, 2.45) is 11.8 Å². The van der Waals surface area contributed by atoms with Gasteiger partial charge in [-0.25, -0.2) is 0 Å². The Kier molecular flexibility index (Phi) is 4.99. The molecule has 1 aliphatic heterocycles. The van der Waals surface area contributed by atoms with E-state index in [2.05, 4.69) is 43.1 Å². The molecule has 0 saturated carbocycles. The van der Waals surface area contributed by atoms with Crippen LogP contribution in [0.3, 0.4) is 0 Å². The van der Waals surface area contributed by atoms with Crippen LogP contribution in [-0.2, 0) is 19.5 Å². The highest BCUT2D eigenvalue weighted by atomic mass is 16.5. The van der Waals surface area contributed by atoms with Crippen molar-refractivity contribution in [2.75, 3.05) is 19.6 Å². The molecule has 2 heterocycles. The molecular weight excluding hydrogens is 238 g/mol. The van der Waals surface area contributed by atoms with Crippen molar-refractivity contribution in [1.82, 2.24) is 15.4 Å². The quantitative estimate of drug-likeness (QED) is 0.858. The van der Waals surface area contributed by atoms with Gasteiger partial charge in [0.25, 0.3) is 0 Å². The van der Waals surface area contributed by atoms with E-state index in [0.29, 0.717) is 11.8 Å². The Morgan fingerprint density at radius 2 is 2.05 bits per heavy atom. The minimum Gasteiger partial charge on any atom is -0.361 e. The lowest BCUT2D eigenvalue weighted by Crippen LogP contribution is -2.33. The number of rotatable bonds is 6. The lowest BCUT2D eigenvalue weighted by atomic mass is 10.0. The van der Waals surface area contributed by atoms with E-state index in [1.54, 1.807) is 0 Å². The third kappa shape index (κ3) is 4.05. The van der Waals surface area contributed by atoms with E-state index in [0.717, 1.165) is 50.6 Å². The van der Waals surface area contributed by atoms with Gasteiger partial charge in [0, 0.05) is 38.2 Å². The SMILES string of the molecule is CC(C)CNCc1noc2c1CN(CC(C)C)CC2. The lowest BCUT2D eigenvalue weighted by Gasteiger charge is -2.27. The molecule has 19 heavy (non-hydrogen) atoms. The third-order valence-electron chi connectivity index (χ3n) is 3.46. The van der Waals surface area contributed by atoms with E-state index in [1.807, 2.05) is 0 Å². The fourth-order valence-electron chi connectivity index (χ4n) is 2.61. The molecule has 4 heteroatoms. The van der Waals surface area contributed by atoms with Crippen LogP contribution < -0.4 is 5.32 Å². The van der Waals surface area contributed by atoms with Crippen LogP contribution >= 0.6 is 0 Å². The van der Waals surface area contributed by atoms with Gasteiger partial charge in [0.2, 0.25) is 0 Å².